The summed E-state index contributed by atoms with van der Waals surface area (Å²) >= 11 is 0. The first-order valence-corrected chi connectivity index (χ1v) is 9.43. The van der Waals surface area contributed by atoms with Crippen molar-refractivity contribution in [2.45, 2.75) is 39.9 Å². The van der Waals surface area contributed by atoms with Gasteiger partial charge in [0.25, 0.3) is 6.47 Å². The van der Waals surface area contributed by atoms with Gasteiger partial charge in [0.15, 0.2) is 0 Å². The molecular weight excluding hydrogens is 410 g/mol. The second-order valence-electron chi connectivity index (χ2n) is 6.54. The highest BCUT2D eigenvalue weighted by Gasteiger charge is 2.23. The van der Waals surface area contributed by atoms with Crippen LogP contribution in [-0.2, 0) is 27.5 Å². The summed E-state index contributed by atoms with van der Waals surface area (Å²) in [5.74, 6) is 0.199. The van der Waals surface area contributed by atoms with Crippen molar-refractivity contribution < 1.29 is 33.1 Å². The molecule has 3 rings (SSSR count). The number of halogens is 2. The number of hydrogen-bond acceptors (Lipinski definition) is 6. The summed E-state index contributed by atoms with van der Waals surface area (Å²) in [5.41, 5.74) is 5.97. The van der Waals surface area contributed by atoms with Crippen molar-refractivity contribution in [3.05, 3.63) is 64.2 Å². The molecule has 0 aliphatic heterocycles. The minimum atomic E-state index is -2.85. The molecule has 0 radical (unpaired) electrons. The summed E-state index contributed by atoms with van der Waals surface area (Å²) in [6.45, 7) is 1.03. The smallest absolute Gasteiger partial charge is 0.387 e. The molecule has 1 N–H and O–H groups in total. The van der Waals surface area contributed by atoms with Crippen molar-refractivity contribution in [3.63, 3.8) is 0 Å². The Balaban J connectivity index is 0.00000107. The van der Waals surface area contributed by atoms with Gasteiger partial charge in [-0.25, -0.2) is 0 Å². The molecule has 0 saturated heterocycles. The number of nitrogens with zero attached hydrogens (tertiary/aromatic N) is 2. The van der Waals surface area contributed by atoms with Gasteiger partial charge >= 0.3 is 6.61 Å². The number of carboxylic acid groups (broad SMARTS) is 1. The van der Waals surface area contributed by atoms with Crippen LogP contribution in [0.4, 0.5) is 8.78 Å². The maximum absolute atomic E-state index is 12.6. The van der Waals surface area contributed by atoms with Crippen LogP contribution in [0, 0.1) is 6.92 Å². The third-order valence-corrected chi connectivity index (χ3v) is 4.68. The third kappa shape index (κ3) is 6.24. The quantitative estimate of drug-likeness (QED) is 0.393. The van der Waals surface area contributed by atoms with Crippen LogP contribution in [0.3, 0.4) is 0 Å². The van der Waals surface area contributed by atoms with Crippen LogP contribution in [0.1, 0.15) is 41.2 Å². The highest BCUT2D eigenvalue weighted by Crippen LogP contribution is 2.32. The first-order valence-electron chi connectivity index (χ1n) is 9.43. The zero-order chi connectivity index (χ0) is 22.8. The number of aryl methyl sites for hydroxylation is 1. The van der Waals surface area contributed by atoms with Crippen LogP contribution in [-0.4, -0.2) is 36.7 Å². The fourth-order valence-corrected chi connectivity index (χ4v) is 3.37. The van der Waals surface area contributed by atoms with Gasteiger partial charge < -0.3 is 19.5 Å². The first-order chi connectivity index (χ1) is 14.9. The van der Waals surface area contributed by atoms with E-state index in [1.54, 1.807) is 12.1 Å². The SMILES string of the molecule is CO/N=C(/C)c1cccc(C)c1CO/N=C1\CCc2c(OC(F)F)cccc21.O=CO. The standard InChI is InChI=1S/C21H22F2N2O3.CH2O2/c1-13-6-4-7-15(14(2)24-26-3)18(13)12-27-25-19-11-10-17-16(19)8-5-9-20(17)28-21(22)23;2-1-3/h4-9,21H,10-12H2,1-3H3;1H,(H,2,3)/b24-14-,25-19+;. The van der Waals surface area contributed by atoms with E-state index in [9.17, 15) is 8.78 Å². The zero-order valence-electron chi connectivity index (χ0n) is 17.5. The highest BCUT2D eigenvalue weighted by atomic mass is 19.3. The van der Waals surface area contributed by atoms with Crippen LogP contribution in [0.2, 0.25) is 0 Å². The number of rotatable bonds is 7. The van der Waals surface area contributed by atoms with Crippen LogP contribution in [0.15, 0.2) is 46.7 Å². The van der Waals surface area contributed by atoms with E-state index in [1.165, 1.54) is 7.11 Å². The molecule has 0 aromatic heterocycles. The van der Waals surface area contributed by atoms with Gasteiger partial charge in [0.1, 0.15) is 19.5 Å². The number of oxime groups is 2. The van der Waals surface area contributed by atoms with Crippen molar-refractivity contribution in [1.82, 2.24) is 0 Å². The Morgan fingerprint density at radius 3 is 2.61 bits per heavy atom. The number of benzene rings is 2. The van der Waals surface area contributed by atoms with Gasteiger partial charge in [-0.2, -0.15) is 8.78 Å². The molecule has 0 saturated carbocycles. The lowest BCUT2D eigenvalue weighted by Crippen LogP contribution is -2.06. The lowest BCUT2D eigenvalue weighted by Gasteiger charge is -2.12. The van der Waals surface area contributed by atoms with E-state index in [-0.39, 0.29) is 18.8 Å². The molecule has 0 unspecified atom stereocenters. The molecule has 0 spiro atoms. The number of hydrogen-bond donors (Lipinski definition) is 1. The Bertz CT molecular complexity index is 961. The van der Waals surface area contributed by atoms with E-state index in [0.717, 1.165) is 39.2 Å². The Kier molecular flexibility index (Phi) is 8.93. The molecule has 1 aliphatic rings. The molecular formula is C22H24F2N2O5. The second-order valence-corrected chi connectivity index (χ2v) is 6.54. The van der Waals surface area contributed by atoms with Crippen LogP contribution in [0.25, 0.3) is 0 Å². The summed E-state index contributed by atoms with van der Waals surface area (Å²) in [6.07, 6.45) is 1.21. The second kappa shape index (κ2) is 11.6. The van der Waals surface area contributed by atoms with E-state index >= 15 is 0 Å². The minimum absolute atomic E-state index is 0.199. The number of carbonyl (C=O) groups is 1. The first kappa shape index (κ1) is 23.8. The molecule has 0 bridgehead atoms. The van der Waals surface area contributed by atoms with Gasteiger partial charge in [-0.1, -0.05) is 40.6 Å². The number of ether oxygens (including phenoxy) is 1. The van der Waals surface area contributed by atoms with Crippen LogP contribution >= 0.6 is 0 Å². The van der Waals surface area contributed by atoms with Gasteiger partial charge in [0.05, 0.1) is 11.4 Å². The molecule has 2 aromatic rings. The fraction of sp³-hybridized carbons (Fsp3) is 0.318. The van der Waals surface area contributed by atoms with E-state index in [4.69, 9.17) is 19.6 Å². The molecule has 31 heavy (non-hydrogen) atoms. The highest BCUT2D eigenvalue weighted by molar-refractivity contribution is 6.04. The van der Waals surface area contributed by atoms with Gasteiger partial charge in [0.2, 0.25) is 0 Å². The molecule has 0 amide bonds. The van der Waals surface area contributed by atoms with Gasteiger partial charge in [-0.05, 0) is 38.3 Å². The largest absolute Gasteiger partial charge is 0.483 e. The maximum Gasteiger partial charge on any atom is 0.387 e. The van der Waals surface area contributed by atoms with E-state index < -0.39 is 6.61 Å². The van der Waals surface area contributed by atoms with Gasteiger partial charge in [-0.15, -0.1) is 0 Å². The number of alkyl halides is 2. The topological polar surface area (TPSA) is 89.7 Å². The lowest BCUT2D eigenvalue weighted by molar-refractivity contribution is -0.122. The summed E-state index contributed by atoms with van der Waals surface area (Å²) in [4.78, 5) is 18.9. The van der Waals surface area contributed by atoms with Gasteiger partial charge in [-0.3, -0.25) is 4.79 Å². The molecule has 0 atom stereocenters. The summed E-state index contributed by atoms with van der Waals surface area (Å²) in [7, 11) is 1.50. The average Bonchev–Trinajstić information content (AvgIpc) is 3.14. The minimum Gasteiger partial charge on any atom is -0.483 e. The summed E-state index contributed by atoms with van der Waals surface area (Å²) in [5, 5.41) is 15.2. The molecule has 7 nitrogen and oxygen atoms in total. The number of fused-ring (bicyclic) bond motifs is 1. The maximum atomic E-state index is 12.6. The Hall–Kier alpha value is -3.49. The van der Waals surface area contributed by atoms with Crippen molar-refractivity contribution in [2.75, 3.05) is 7.11 Å². The van der Waals surface area contributed by atoms with E-state index in [2.05, 4.69) is 15.0 Å². The molecule has 1 aliphatic carbocycles. The summed E-state index contributed by atoms with van der Waals surface area (Å²) in [6, 6.07) is 11.0. The Morgan fingerprint density at radius 1 is 1.23 bits per heavy atom. The fourth-order valence-electron chi connectivity index (χ4n) is 3.37. The van der Waals surface area contributed by atoms with Crippen molar-refractivity contribution in [2.24, 2.45) is 10.3 Å². The van der Waals surface area contributed by atoms with E-state index in [0.29, 0.717) is 12.8 Å². The average molecular weight is 434 g/mol. The van der Waals surface area contributed by atoms with Crippen LogP contribution < -0.4 is 4.74 Å². The molecule has 0 fully saturated rings. The van der Waals surface area contributed by atoms with Crippen molar-refractivity contribution in [3.8, 4) is 5.75 Å². The van der Waals surface area contributed by atoms with Crippen molar-refractivity contribution >= 4 is 17.9 Å². The lowest BCUT2D eigenvalue weighted by atomic mass is 10.00. The predicted molar refractivity (Wildman–Crippen MR) is 112 cm³/mol. The molecule has 9 heteroatoms. The molecule has 166 valence electrons. The zero-order valence-corrected chi connectivity index (χ0v) is 17.5. The van der Waals surface area contributed by atoms with E-state index in [1.807, 2.05) is 38.1 Å². The monoisotopic (exact) mass is 434 g/mol. The predicted octanol–water partition coefficient (Wildman–Crippen LogP) is 4.53. The Morgan fingerprint density at radius 2 is 1.94 bits per heavy atom. The normalized spacial score (nSPS) is 14.0. The van der Waals surface area contributed by atoms with Gasteiger partial charge in [0, 0.05) is 22.3 Å². The molecule has 0 heterocycles. The third-order valence-electron chi connectivity index (χ3n) is 4.68. The summed E-state index contributed by atoms with van der Waals surface area (Å²) < 4.78 is 29.8. The Labute approximate surface area is 178 Å². The van der Waals surface area contributed by atoms with Crippen LogP contribution in [0.5, 0.6) is 5.75 Å². The molecule has 2 aromatic carbocycles. The van der Waals surface area contributed by atoms with Crippen molar-refractivity contribution in [1.29, 1.82) is 0 Å².